The van der Waals surface area contributed by atoms with Gasteiger partial charge in [0.1, 0.15) is 24.2 Å². The summed E-state index contributed by atoms with van der Waals surface area (Å²) < 4.78 is 22.3. The number of hydrogen-bond donors (Lipinski definition) is 0. The molecule has 1 saturated heterocycles. The smallest absolute Gasteiger partial charge is 0.189 e. The van der Waals surface area contributed by atoms with Gasteiger partial charge >= 0.3 is 0 Å². The largest absolute Gasteiger partial charge is 0.490 e. The summed E-state index contributed by atoms with van der Waals surface area (Å²) in [5, 5.41) is 0. The van der Waals surface area contributed by atoms with Crippen molar-refractivity contribution in [1.82, 2.24) is 0 Å². The summed E-state index contributed by atoms with van der Waals surface area (Å²) in [6, 6.07) is 8.71. The van der Waals surface area contributed by atoms with E-state index in [1.807, 2.05) is 6.92 Å². The zero-order valence-electron chi connectivity index (χ0n) is 16.3. The van der Waals surface area contributed by atoms with Crippen LogP contribution in [0.25, 0.3) is 11.1 Å². The number of hydrogen-bond acceptors (Lipinski definition) is 4. The van der Waals surface area contributed by atoms with Crippen molar-refractivity contribution in [3.05, 3.63) is 46.5 Å². The van der Waals surface area contributed by atoms with Crippen LogP contribution in [0.3, 0.4) is 0 Å². The van der Waals surface area contributed by atoms with Crippen molar-refractivity contribution >= 4 is 0 Å². The van der Waals surface area contributed by atoms with Gasteiger partial charge in [0.05, 0.1) is 6.61 Å². The molecule has 0 amide bonds. The van der Waals surface area contributed by atoms with Gasteiger partial charge in [0.2, 0.25) is 0 Å². The van der Waals surface area contributed by atoms with Crippen LogP contribution >= 0.6 is 0 Å². The van der Waals surface area contributed by atoms with Crippen molar-refractivity contribution in [3.63, 3.8) is 0 Å². The van der Waals surface area contributed by atoms with Crippen LogP contribution in [0.2, 0.25) is 0 Å². The molecule has 140 valence electrons. The fraction of sp³-hybridized carbons (Fsp3) is 0.455. The Kier molecular flexibility index (Phi) is 5.84. The topological polar surface area (TPSA) is 40.2 Å². The number of rotatable bonds is 8. The van der Waals surface area contributed by atoms with Crippen molar-refractivity contribution < 1.29 is 18.9 Å². The molecule has 0 radical (unpaired) electrons. The summed E-state index contributed by atoms with van der Waals surface area (Å²) in [4.78, 5) is 0. The van der Waals surface area contributed by atoms with Crippen molar-refractivity contribution in [2.24, 2.45) is 0 Å². The lowest BCUT2D eigenvalue weighted by Crippen LogP contribution is -2.06. The fourth-order valence-corrected chi connectivity index (χ4v) is 3.21. The van der Waals surface area contributed by atoms with E-state index in [9.17, 15) is 0 Å². The molecule has 0 spiro atoms. The van der Waals surface area contributed by atoms with E-state index in [1.165, 1.54) is 11.1 Å². The molecule has 0 N–H and O–H groups in total. The Morgan fingerprint density at radius 3 is 1.73 bits per heavy atom. The Labute approximate surface area is 156 Å². The van der Waals surface area contributed by atoms with E-state index in [-0.39, 0.29) is 12.9 Å². The van der Waals surface area contributed by atoms with E-state index < -0.39 is 0 Å². The van der Waals surface area contributed by atoms with Crippen molar-refractivity contribution in [2.45, 2.75) is 40.7 Å². The maximum absolute atomic E-state index is 5.94. The van der Waals surface area contributed by atoms with Gasteiger partial charge in [-0.1, -0.05) is 0 Å². The highest BCUT2D eigenvalue weighted by Crippen LogP contribution is 2.34. The summed E-state index contributed by atoms with van der Waals surface area (Å²) >= 11 is 0. The average molecular weight is 356 g/mol. The first kappa shape index (κ1) is 18.7. The molecule has 4 nitrogen and oxygen atoms in total. The van der Waals surface area contributed by atoms with E-state index in [2.05, 4.69) is 52.0 Å². The van der Waals surface area contributed by atoms with E-state index in [0.29, 0.717) is 13.2 Å². The highest BCUT2D eigenvalue weighted by Gasteiger charge is 2.23. The Morgan fingerprint density at radius 1 is 0.846 bits per heavy atom. The normalized spacial score (nSPS) is 15.8. The zero-order valence-corrected chi connectivity index (χ0v) is 16.3. The van der Waals surface area contributed by atoms with Crippen LogP contribution in [-0.2, 0) is 9.47 Å². The minimum atomic E-state index is 0.267. The van der Waals surface area contributed by atoms with Crippen LogP contribution in [0.1, 0.15) is 29.2 Å². The van der Waals surface area contributed by atoms with Gasteiger partial charge in [-0.2, -0.15) is 0 Å². The summed E-state index contributed by atoms with van der Waals surface area (Å²) in [7, 11) is 0. The lowest BCUT2D eigenvalue weighted by atomic mass is 9.96. The molecule has 2 aromatic carbocycles. The van der Waals surface area contributed by atoms with E-state index in [1.54, 1.807) is 0 Å². The molecule has 1 aliphatic heterocycles. The number of ether oxygens (including phenoxy) is 4. The maximum Gasteiger partial charge on any atom is 0.189 e. The van der Waals surface area contributed by atoms with Gasteiger partial charge in [0.25, 0.3) is 0 Å². The lowest BCUT2D eigenvalue weighted by molar-refractivity contribution is 0.0216. The third kappa shape index (κ3) is 4.37. The molecule has 0 aliphatic carbocycles. The van der Waals surface area contributed by atoms with Crippen LogP contribution in [0.15, 0.2) is 24.3 Å². The molecule has 2 aromatic rings. The molecular formula is C22H28O4. The van der Waals surface area contributed by atoms with Crippen LogP contribution in [0, 0.1) is 27.7 Å². The molecule has 0 aromatic heterocycles. The van der Waals surface area contributed by atoms with E-state index in [4.69, 9.17) is 18.9 Å². The Bertz CT molecular complexity index is 732. The summed E-state index contributed by atoms with van der Waals surface area (Å²) in [5.74, 6) is 1.87. The second-order valence-electron chi connectivity index (χ2n) is 6.90. The monoisotopic (exact) mass is 356 g/mol. The number of epoxide rings is 1. The predicted octanol–water partition coefficient (Wildman–Crippen LogP) is 4.74. The number of benzene rings is 2. The SMILES string of the molecule is CCOCOc1c(C)cc(-c2cc(C)c(OCC3CO3)c(C)c2)cc1C. The van der Waals surface area contributed by atoms with Gasteiger partial charge in [0, 0.05) is 6.61 Å². The minimum absolute atomic E-state index is 0.267. The predicted molar refractivity (Wildman–Crippen MR) is 103 cm³/mol. The number of aryl methyl sites for hydroxylation is 4. The summed E-state index contributed by atoms with van der Waals surface area (Å²) in [6.07, 6.45) is 0.267. The van der Waals surface area contributed by atoms with Crippen molar-refractivity contribution in [3.8, 4) is 22.6 Å². The van der Waals surface area contributed by atoms with Gasteiger partial charge in [-0.15, -0.1) is 0 Å². The summed E-state index contributed by atoms with van der Waals surface area (Å²) in [6.45, 7) is 12.7. The molecule has 0 saturated carbocycles. The standard InChI is InChI=1S/C22H28O4/c1-6-23-13-26-22-16(4)9-19(10-17(22)5)18-7-14(2)21(15(3)8-18)25-12-20-11-24-20/h7-10,20H,6,11-13H2,1-5H3. The fourth-order valence-electron chi connectivity index (χ4n) is 3.21. The highest BCUT2D eigenvalue weighted by molar-refractivity contribution is 5.70. The lowest BCUT2D eigenvalue weighted by Gasteiger charge is -2.16. The van der Waals surface area contributed by atoms with E-state index in [0.717, 1.165) is 40.4 Å². The van der Waals surface area contributed by atoms with Gasteiger partial charge in [-0.05, 0) is 92.3 Å². The Morgan fingerprint density at radius 2 is 1.31 bits per heavy atom. The zero-order chi connectivity index (χ0) is 18.7. The van der Waals surface area contributed by atoms with Gasteiger partial charge in [-0.25, -0.2) is 0 Å². The molecule has 0 bridgehead atoms. The van der Waals surface area contributed by atoms with Crippen LogP contribution < -0.4 is 9.47 Å². The van der Waals surface area contributed by atoms with Gasteiger partial charge in [-0.3, -0.25) is 0 Å². The van der Waals surface area contributed by atoms with Gasteiger partial charge in [0.15, 0.2) is 6.79 Å². The molecule has 26 heavy (non-hydrogen) atoms. The Balaban J connectivity index is 1.83. The van der Waals surface area contributed by atoms with Crippen LogP contribution in [-0.4, -0.2) is 32.7 Å². The maximum atomic E-state index is 5.94. The molecule has 1 fully saturated rings. The molecule has 1 unspecified atom stereocenters. The van der Waals surface area contributed by atoms with Crippen molar-refractivity contribution in [1.29, 1.82) is 0 Å². The second-order valence-corrected chi connectivity index (χ2v) is 6.90. The molecule has 1 atom stereocenters. The highest BCUT2D eigenvalue weighted by atomic mass is 16.7. The molecule has 4 heteroatoms. The first-order valence-electron chi connectivity index (χ1n) is 9.17. The van der Waals surface area contributed by atoms with Gasteiger partial charge < -0.3 is 18.9 Å². The Hall–Kier alpha value is -2.04. The third-order valence-electron chi connectivity index (χ3n) is 4.56. The van der Waals surface area contributed by atoms with E-state index >= 15 is 0 Å². The third-order valence-corrected chi connectivity index (χ3v) is 4.56. The molecule has 1 heterocycles. The summed E-state index contributed by atoms with van der Waals surface area (Å²) in [5.41, 5.74) is 6.90. The van der Waals surface area contributed by atoms with Crippen LogP contribution in [0.5, 0.6) is 11.5 Å². The van der Waals surface area contributed by atoms with Crippen LogP contribution in [0.4, 0.5) is 0 Å². The second kappa shape index (κ2) is 8.11. The first-order valence-corrected chi connectivity index (χ1v) is 9.17. The molecular weight excluding hydrogens is 328 g/mol. The van der Waals surface area contributed by atoms with Crippen molar-refractivity contribution in [2.75, 3.05) is 26.6 Å². The first-order chi connectivity index (χ1) is 12.5. The quantitative estimate of drug-likeness (QED) is 0.389. The molecule has 3 rings (SSSR count). The average Bonchev–Trinajstić information content (AvgIpc) is 3.40. The molecule has 1 aliphatic rings. The minimum Gasteiger partial charge on any atom is -0.490 e.